The third-order valence-corrected chi connectivity index (χ3v) is 2.65. The number of rotatable bonds is 8. The average molecular weight is 259 g/mol. The number of nitrogens with zero attached hydrogens (tertiary/aromatic N) is 1. The summed E-state index contributed by atoms with van der Waals surface area (Å²) in [4.78, 5) is 9.59. The lowest BCUT2D eigenvalue weighted by Gasteiger charge is -2.23. The van der Waals surface area contributed by atoms with Crippen LogP contribution in [0.3, 0.4) is 0 Å². The zero-order valence-corrected chi connectivity index (χ0v) is 13.3. The van der Waals surface area contributed by atoms with E-state index in [0.717, 1.165) is 4.48 Å². The molecule has 0 aromatic heterocycles. The molecule has 0 spiro atoms. The third kappa shape index (κ3) is 20.8. The zero-order chi connectivity index (χ0) is 14.6. The molecule has 0 saturated carbocycles. The van der Waals surface area contributed by atoms with Gasteiger partial charge in [0.15, 0.2) is 0 Å². The lowest BCUT2D eigenvalue weighted by atomic mass is 10.1. The molecule has 0 aliphatic rings. The Morgan fingerprint density at radius 2 is 1.39 bits per heavy atom. The van der Waals surface area contributed by atoms with E-state index in [1.165, 1.54) is 45.1 Å². The fourth-order valence-corrected chi connectivity index (χ4v) is 1.37. The predicted octanol–water partition coefficient (Wildman–Crippen LogP) is 2.45. The molecule has 18 heavy (non-hydrogen) atoms. The zero-order valence-electron chi connectivity index (χ0n) is 13.3. The van der Waals surface area contributed by atoms with Crippen molar-refractivity contribution in [2.75, 3.05) is 27.7 Å². The van der Waals surface area contributed by atoms with Crippen molar-refractivity contribution in [3.63, 3.8) is 0 Å². The van der Waals surface area contributed by atoms with E-state index in [1.807, 2.05) is 0 Å². The molecular formula is C15H33NO2. The monoisotopic (exact) mass is 259 g/mol. The van der Waals surface area contributed by atoms with Gasteiger partial charge in [0.1, 0.15) is 0 Å². The number of carboxylic acids is 1. The summed E-state index contributed by atoms with van der Waals surface area (Å²) in [6, 6.07) is 0. The molecule has 0 aliphatic carbocycles. The highest BCUT2D eigenvalue weighted by Crippen LogP contribution is 2.06. The summed E-state index contributed by atoms with van der Waals surface area (Å²) in [7, 11) is 6.81. The maximum Gasteiger partial charge on any atom is 0.0780 e. The van der Waals surface area contributed by atoms with Crippen molar-refractivity contribution in [3.8, 4) is 0 Å². The molecule has 0 atom stereocenters. The van der Waals surface area contributed by atoms with Gasteiger partial charge in [-0.05, 0) is 18.8 Å². The van der Waals surface area contributed by atoms with E-state index in [2.05, 4.69) is 28.1 Å². The number of hydrogen-bond acceptors (Lipinski definition) is 2. The molecule has 0 unspecified atom stereocenters. The maximum atomic E-state index is 9.59. The van der Waals surface area contributed by atoms with Crippen LogP contribution >= 0.6 is 0 Å². The number of aliphatic carboxylic acids is 1. The van der Waals surface area contributed by atoms with Crippen LogP contribution in [0.5, 0.6) is 0 Å². The molecule has 0 aromatic carbocycles. The van der Waals surface area contributed by atoms with Gasteiger partial charge in [0.25, 0.3) is 0 Å². The SMILES string of the molecule is CC(C)C(=O)[O-].CCCCCCCC[N+](C)(C)C. The molecule has 0 saturated heterocycles. The fourth-order valence-electron chi connectivity index (χ4n) is 1.37. The van der Waals surface area contributed by atoms with Crippen LogP contribution in [0.1, 0.15) is 59.3 Å². The Morgan fingerprint density at radius 1 is 1.00 bits per heavy atom. The van der Waals surface area contributed by atoms with Gasteiger partial charge in [0.05, 0.1) is 27.7 Å². The summed E-state index contributed by atoms with van der Waals surface area (Å²) >= 11 is 0. The largest absolute Gasteiger partial charge is 0.550 e. The van der Waals surface area contributed by atoms with Crippen molar-refractivity contribution in [3.05, 3.63) is 0 Å². The molecule has 110 valence electrons. The number of carbonyl (C=O) groups is 1. The Morgan fingerprint density at radius 3 is 1.72 bits per heavy atom. The molecule has 0 aliphatic heterocycles. The lowest BCUT2D eigenvalue weighted by molar-refractivity contribution is -0.870. The second-order valence-corrected chi connectivity index (χ2v) is 6.26. The first-order valence-electron chi connectivity index (χ1n) is 7.22. The molecule has 0 bridgehead atoms. The number of carboxylic acid groups (broad SMARTS) is 1. The van der Waals surface area contributed by atoms with Gasteiger partial charge in [-0.15, -0.1) is 0 Å². The van der Waals surface area contributed by atoms with Gasteiger partial charge in [0, 0.05) is 5.97 Å². The second kappa shape index (κ2) is 11.5. The van der Waals surface area contributed by atoms with Crippen molar-refractivity contribution >= 4 is 5.97 Å². The minimum atomic E-state index is -0.991. The molecule has 0 radical (unpaired) electrons. The summed E-state index contributed by atoms with van der Waals surface area (Å²) in [6.45, 7) is 6.75. The van der Waals surface area contributed by atoms with Crippen molar-refractivity contribution in [2.24, 2.45) is 5.92 Å². The van der Waals surface area contributed by atoms with E-state index in [0.29, 0.717) is 0 Å². The van der Waals surface area contributed by atoms with Crippen LogP contribution in [0.4, 0.5) is 0 Å². The molecule has 0 N–H and O–H groups in total. The predicted molar refractivity (Wildman–Crippen MR) is 76.1 cm³/mol. The average Bonchev–Trinajstić information content (AvgIpc) is 2.22. The molecule has 0 fully saturated rings. The summed E-state index contributed by atoms with van der Waals surface area (Å²) in [5.74, 6) is -1.33. The van der Waals surface area contributed by atoms with E-state index < -0.39 is 5.97 Å². The fraction of sp³-hybridized carbons (Fsp3) is 0.933. The highest BCUT2D eigenvalue weighted by Gasteiger charge is 2.04. The maximum absolute atomic E-state index is 9.59. The quantitative estimate of drug-likeness (QED) is 0.496. The first kappa shape index (κ1) is 19.8. The van der Waals surface area contributed by atoms with Crippen LogP contribution in [0.2, 0.25) is 0 Å². The van der Waals surface area contributed by atoms with Crippen molar-refractivity contribution in [2.45, 2.75) is 59.3 Å². The number of quaternary nitrogens is 1. The Hall–Kier alpha value is -0.570. The van der Waals surface area contributed by atoms with Gasteiger partial charge in [0.2, 0.25) is 0 Å². The number of carbonyl (C=O) groups excluding carboxylic acids is 1. The third-order valence-electron chi connectivity index (χ3n) is 2.65. The Bertz CT molecular complexity index is 195. The van der Waals surface area contributed by atoms with Crippen LogP contribution < -0.4 is 5.11 Å². The number of hydrogen-bond donors (Lipinski definition) is 0. The molecule has 3 heteroatoms. The van der Waals surface area contributed by atoms with Crippen molar-refractivity contribution in [1.29, 1.82) is 0 Å². The van der Waals surface area contributed by atoms with E-state index in [4.69, 9.17) is 0 Å². The van der Waals surface area contributed by atoms with E-state index >= 15 is 0 Å². The standard InChI is InChI=1S/C11H26N.C4H8O2/c1-5-6-7-8-9-10-11-12(2,3)4;1-3(2)4(5)6/h5-11H2,1-4H3;3H,1-2H3,(H,5,6)/q+1;/p-1. The molecule has 0 heterocycles. The molecule has 0 aromatic rings. The second-order valence-electron chi connectivity index (χ2n) is 6.26. The molecular weight excluding hydrogens is 226 g/mol. The summed E-state index contributed by atoms with van der Waals surface area (Å²) in [6.07, 6.45) is 8.48. The van der Waals surface area contributed by atoms with Gasteiger partial charge in [-0.25, -0.2) is 0 Å². The van der Waals surface area contributed by atoms with Crippen LogP contribution in [0.25, 0.3) is 0 Å². The first-order valence-corrected chi connectivity index (χ1v) is 7.22. The van der Waals surface area contributed by atoms with Gasteiger partial charge in [-0.1, -0.05) is 46.5 Å². The Balaban J connectivity index is 0. The molecule has 0 amide bonds. The van der Waals surface area contributed by atoms with Crippen LogP contribution in [-0.4, -0.2) is 38.1 Å². The first-order chi connectivity index (χ1) is 8.20. The van der Waals surface area contributed by atoms with Gasteiger partial charge in [-0.2, -0.15) is 0 Å². The lowest BCUT2D eigenvalue weighted by Crippen LogP contribution is -2.35. The van der Waals surface area contributed by atoms with Crippen molar-refractivity contribution in [1.82, 2.24) is 0 Å². The minimum Gasteiger partial charge on any atom is -0.550 e. The van der Waals surface area contributed by atoms with Crippen LogP contribution in [-0.2, 0) is 4.79 Å². The highest BCUT2D eigenvalue weighted by molar-refractivity contribution is 5.66. The van der Waals surface area contributed by atoms with Crippen LogP contribution in [0, 0.1) is 5.92 Å². The minimum absolute atomic E-state index is 0.343. The normalized spacial score (nSPS) is 11.1. The van der Waals surface area contributed by atoms with Gasteiger partial charge in [-0.3, -0.25) is 0 Å². The van der Waals surface area contributed by atoms with E-state index in [9.17, 15) is 9.90 Å². The van der Waals surface area contributed by atoms with Gasteiger partial charge >= 0.3 is 0 Å². The molecule has 0 rings (SSSR count). The summed E-state index contributed by atoms with van der Waals surface area (Å²) in [5, 5.41) is 9.59. The topological polar surface area (TPSA) is 40.1 Å². The van der Waals surface area contributed by atoms with Gasteiger partial charge < -0.3 is 14.4 Å². The van der Waals surface area contributed by atoms with Crippen LogP contribution in [0.15, 0.2) is 0 Å². The smallest absolute Gasteiger partial charge is 0.0780 e. The van der Waals surface area contributed by atoms with E-state index in [-0.39, 0.29) is 5.92 Å². The van der Waals surface area contributed by atoms with Crippen molar-refractivity contribution < 1.29 is 14.4 Å². The Kier molecular flexibility index (Phi) is 12.6. The Labute approximate surface area is 114 Å². The summed E-state index contributed by atoms with van der Waals surface area (Å²) in [5.41, 5.74) is 0. The van der Waals surface area contributed by atoms with E-state index in [1.54, 1.807) is 13.8 Å². The number of unbranched alkanes of at least 4 members (excludes halogenated alkanes) is 5. The highest BCUT2D eigenvalue weighted by atomic mass is 16.4. The molecule has 3 nitrogen and oxygen atoms in total. The summed E-state index contributed by atoms with van der Waals surface area (Å²) < 4.78 is 1.12.